The molecular formula is C17H21NO4. The Kier molecular flexibility index (Phi) is 4.85. The predicted molar refractivity (Wildman–Crippen MR) is 86.7 cm³/mol. The van der Waals surface area contributed by atoms with Gasteiger partial charge in [0.05, 0.1) is 0 Å². The molecule has 0 fully saturated rings. The van der Waals surface area contributed by atoms with Crippen molar-refractivity contribution in [3.63, 3.8) is 0 Å². The predicted octanol–water partition coefficient (Wildman–Crippen LogP) is 2.96. The number of carboxylic acids is 1. The van der Waals surface area contributed by atoms with Crippen LogP contribution in [0.15, 0.2) is 27.4 Å². The van der Waals surface area contributed by atoms with Crippen LogP contribution in [0.3, 0.4) is 0 Å². The minimum atomic E-state index is -0.921. The average Bonchev–Trinajstić information content (AvgIpc) is 2.47. The molecule has 0 aliphatic heterocycles. The lowest BCUT2D eigenvalue weighted by Crippen LogP contribution is -2.21. The third-order valence-electron chi connectivity index (χ3n) is 3.99. The summed E-state index contributed by atoms with van der Waals surface area (Å²) in [4.78, 5) is 25.0. The molecule has 0 amide bonds. The van der Waals surface area contributed by atoms with Gasteiger partial charge >= 0.3 is 11.6 Å². The summed E-state index contributed by atoms with van der Waals surface area (Å²) in [5.41, 5.74) is 2.37. The van der Waals surface area contributed by atoms with E-state index in [-0.39, 0.29) is 12.8 Å². The van der Waals surface area contributed by atoms with E-state index in [1.807, 2.05) is 25.1 Å². The summed E-state index contributed by atoms with van der Waals surface area (Å²) >= 11 is 0. The Bertz CT molecular complexity index is 744. The van der Waals surface area contributed by atoms with Crippen molar-refractivity contribution in [2.75, 3.05) is 18.0 Å². The minimum Gasteiger partial charge on any atom is -0.481 e. The van der Waals surface area contributed by atoms with Gasteiger partial charge in [-0.25, -0.2) is 4.79 Å². The summed E-state index contributed by atoms with van der Waals surface area (Å²) in [6, 6.07) is 5.81. The van der Waals surface area contributed by atoms with Crippen molar-refractivity contribution in [1.82, 2.24) is 0 Å². The summed E-state index contributed by atoms with van der Waals surface area (Å²) in [5, 5.41) is 9.64. The Morgan fingerprint density at radius 1 is 1.27 bits per heavy atom. The number of aliphatic carboxylic acids is 1. The second-order valence-electron chi connectivity index (χ2n) is 5.24. The van der Waals surface area contributed by atoms with Gasteiger partial charge in [0, 0.05) is 42.2 Å². The second-order valence-corrected chi connectivity index (χ2v) is 5.24. The average molecular weight is 303 g/mol. The number of carboxylic acid groups (broad SMARTS) is 1. The molecule has 2 aromatic rings. The van der Waals surface area contributed by atoms with Crippen LogP contribution in [-0.4, -0.2) is 24.2 Å². The number of hydrogen-bond donors (Lipinski definition) is 1. The molecule has 0 saturated heterocycles. The van der Waals surface area contributed by atoms with Crippen LogP contribution in [0, 0.1) is 6.92 Å². The molecule has 5 nitrogen and oxygen atoms in total. The van der Waals surface area contributed by atoms with Gasteiger partial charge in [-0.1, -0.05) is 0 Å². The van der Waals surface area contributed by atoms with E-state index < -0.39 is 11.6 Å². The van der Waals surface area contributed by atoms with E-state index in [1.54, 1.807) is 0 Å². The summed E-state index contributed by atoms with van der Waals surface area (Å²) in [7, 11) is 0. The Balaban J connectivity index is 2.51. The molecule has 0 spiro atoms. The van der Waals surface area contributed by atoms with E-state index in [0.29, 0.717) is 11.1 Å². The van der Waals surface area contributed by atoms with E-state index in [0.717, 1.165) is 29.7 Å². The van der Waals surface area contributed by atoms with Crippen molar-refractivity contribution < 1.29 is 14.3 Å². The van der Waals surface area contributed by atoms with Gasteiger partial charge in [-0.05, 0) is 44.9 Å². The van der Waals surface area contributed by atoms with Crippen LogP contribution in [0.1, 0.15) is 31.4 Å². The number of benzene rings is 1. The highest BCUT2D eigenvalue weighted by Gasteiger charge is 2.14. The van der Waals surface area contributed by atoms with E-state index in [9.17, 15) is 9.59 Å². The fourth-order valence-corrected chi connectivity index (χ4v) is 2.69. The third kappa shape index (κ3) is 3.13. The number of anilines is 1. The number of rotatable bonds is 6. The molecule has 0 saturated carbocycles. The zero-order chi connectivity index (χ0) is 16.3. The minimum absolute atomic E-state index is 0.0748. The smallest absolute Gasteiger partial charge is 0.339 e. The lowest BCUT2D eigenvalue weighted by atomic mass is 10.0. The first-order valence-corrected chi connectivity index (χ1v) is 7.51. The molecule has 118 valence electrons. The number of fused-ring (bicyclic) bond motifs is 1. The van der Waals surface area contributed by atoms with Gasteiger partial charge in [-0.3, -0.25) is 4.79 Å². The van der Waals surface area contributed by atoms with Gasteiger partial charge in [0.1, 0.15) is 5.58 Å². The molecule has 0 aliphatic rings. The zero-order valence-corrected chi connectivity index (χ0v) is 13.2. The van der Waals surface area contributed by atoms with Crippen LogP contribution in [0.5, 0.6) is 0 Å². The molecule has 0 aliphatic carbocycles. The van der Waals surface area contributed by atoms with E-state index in [1.165, 1.54) is 0 Å². The molecule has 1 aromatic heterocycles. The lowest BCUT2D eigenvalue weighted by molar-refractivity contribution is -0.136. The Labute approximate surface area is 129 Å². The molecule has 0 unspecified atom stereocenters. The number of hydrogen-bond acceptors (Lipinski definition) is 4. The third-order valence-corrected chi connectivity index (χ3v) is 3.99. The molecule has 0 atom stereocenters. The standard InChI is InChI=1S/C17H21NO4/c1-4-18(5-2)12-6-7-13-11(3)14(8-9-16(19)20)17(21)22-15(13)10-12/h6-7,10H,4-5,8-9H2,1-3H3,(H,19,20). The van der Waals surface area contributed by atoms with Crippen molar-refractivity contribution in [3.05, 3.63) is 39.7 Å². The summed E-state index contributed by atoms with van der Waals surface area (Å²) in [6.45, 7) is 7.74. The molecule has 22 heavy (non-hydrogen) atoms. The van der Waals surface area contributed by atoms with Crippen molar-refractivity contribution >= 4 is 22.6 Å². The summed E-state index contributed by atoms with van der Waals surface area (Å²) < 4.78 is 5.41. The van der Waals surface area contributed by atoms with Crippen molar-refractivity contribution in [3.8, 4) is 0 Å². The maximum absolute atomic E-state index is 12.1. The van der Waals surface area contributed by atoms with Gasteiger partial charge in [0.2, 0.25) is 0 Å². The molecular weight excluding hydrogens is 282 g/mol. The highest BCUT2D eigenvalue weighted by molar-refractivity contribution is 5.84. The van der Waals surface area contributed by atoms with Crippen LogP contribution in [0.4, 0.5) is 5.69 Å². The highest BCUT2D eigenvalue weighted by Crippen LogP contribution is 2.25. The molecule has 1 N–H and O–H groups in total. The van der Waals surface area contributed by atoms with Crippen LogP contribution in [0.25, 0.3) is 11.0 Å². The van der Waals surface area contributed by atoms with Crippen LogP contribution in [-0.2, 0) is 11.2 Å². The molecule has 5 heteroatoms. The van der Waals surface area contributed by atoms with Gasteiger partial charge < -0.3 is 14.4 Å². The first kappa shape index (κ1) is 16.1. The number of carbonyl (C=O) groups is 1. The Morgan fingerprint density at radius 2 is 1.95 bits per heavy atom. The molecule has 0 bridgehead atoms. The quantitative estimate of drug-likeness (QED) is 0.831. The summed E-state index contributed by atoms with van der Waals surface area (Å²) in [6.07, 6.45) is 0.117. The SMILES string of the molecule is CCN(CC)c1ccc2c(C)c(CCC(=O)O)c(=O)oc2c1. The molecule has 0 radical (unpaired) electrons. The second kappa shape index (κ2) is 6.64. The molecule has 1 aromatic carbocycles. The molecule has 1 heterocycles. The van der Waals surface area contributed by atoms with E-state index in [4.69, 9.17) is 9.52 Å². The van der Waals surface area contributed by atoms with Gasteiger partial charge in [-0.15, -0.1) is 0 Å². The van der Waals surface area contributed by atoms with Gasteiger partial charge in [-0.2, -0.15) is 0 Å². The van der Waals surface area contributed by atoms with Crippen LogP contribution < -0.4 is 10.5 Å². The fraction of sp³-hybridized carbons (Fsp3) is 0.412. The largest absolute Gasteiger partial charge is 0.481 e. The van der Waals surface area contributed by atoms with E-state index >= 15 is 0 Å². The Morgan fingerprint density at radius 3 is 2.55 bits per heavy atom. The van der Waals surface area contributed by atoms with Crippen molar-refractivity contribution in [2.24, 2.45) is 0 Å². The van der Waals surface area contributed by atoms with Crippen LogP contribution >= 0.6 is 0 Å². The first-order valence-electron chi connectivity index (χ1n) is 7.51. The zero-order valence-electron chi connectivity index (χ0n) is 13.2. The van der Waals surface area contributed by atoms with Gasteiger partial charge in [0.25, 0.3) is 0 Å². The topological polar surface area (TPSA) is 70.8 Å². The monoisotopic (exact) mass is 303 g/mol. The Hall–Kier alpha value is -2.30. The van der Waals surface area contributed by atoms with Gasteiger partial charge in [0.15, 0.2) is 0 Å². The van der Waals surface area contributed by atoms with Crippen molar-refractivity contribution in [2.45, 2.75) is 33.6 Å². The maximum atomic E-state index is 12.1. The van der Waals surface area contributed by atoms with Crippen molar-refractivity contribution in [1.29, 1.82) is 0 Å². The number of nitrogens with zero attached hydrogens (tertiary/aromatic N) is 1. The number of aryl methyl sites for hydroxylation is 1. The fourth-order valence-electron chi connectivity index (χ4n) is 2.69. The van der Waals surface area contributed by atoms with E-state index in [2.05, 4.69) is 18.7 Å². The maximum Gasteiger partial charge on any atom is 0.339 e. The normalized spacial score (nSPS) is 10.9. The lowest BCUT2D eigenvalue weighted by Gasteiger charge is -2.21. The summed E-state index contributed by atoms with van der Waals surface area (Å²) in [5.74, 6) is -0.921. The molecule has 2 rings (SSSR count). The van der Waals surface area contributed by atoms with Crippen LogP contribution in [0.2, 0.25) is 0 Å². The first-order chi connectivity index (χ1) is 10.5. The highest BCUT2D eigenvalue weighted by atomic mass is 16.4.